The maximum atomic E-state index is 9.80. The molecule has 0 saturated carbocycles. The number of hydrogen-bond acceptors (Lipinski definition) is 10. The second-order valence-corrected chi connectivity index (χ2v) is 13.9. The molecule has 0 radical (unpaired) electrons. The molecule has 0 bridgehead atoms. The summed E-state index contributed by atoms with van der Waals surface area (Å²) in [5.74, 6) is 2.00. The molecule has 1 N–H and O–H groups in total. The van der Waals surface area contributed by atoms with Gasteiger partial charge in [-0.1, -0.05) is 41.9 Å². The van der Waals surface area contributed by atoms with Crippen molar-refractivity contribution in [2.24, 2.45) is 0 Å². The Bertz CT molecular complexity index is 2040. The molecule has 6 rings (SSSR count). The SMILES string of the molecule is Cc1c(COc2cc(OCc3cncc(C#N)c3)c(CN(C)Cc3cnccn3)cc2Cl)cccc1-c1cccc(OCCCN2CC[C@@H](O)C2)c1C. The average Bonchev–Trinajstić information content (AvgIpc) is 3.58. The molecular formula is C42H45ClN6O4. The summed E-state index contributed by atoms with van der Waals surface area (Å²) in [4.78, 5) is 17.2. The maximum Gasteiger partial charge on any atom is 0.142 e. The zero-order chi connectivity index (χ0) is 37.2. The van der Waals surface area contributed by atoms with E-state index < -0.39 is 0 Å². The highest BCUT2D eigenvalue weighted by Gasteiger charge is 2.20. The lowest BCUT2D eigenvalue weighted by Crippen LogP contribution is -2.24. The molecule has 3 heterocycles. The molecule has 0 aliphatic carbocycles. The van der Waals surface area contributed by atoms with Crippen molar-refractivity contribution in [3.63, 3.8) is 0 Å². The third kappa shape index (κ3) is 10.1. The van der Waals surface area contributed by atoms with Crippen LogP contribution in [-0.4, -0.2) is 69.3 Å². The number of aliphatic hydroxyl groups excluding tert-OH is 1. The predicted octanol–water partition coefficient (Wildman–Crippen LogP) is 7.31. The average molecular weight is 733 g/mol. The summed E-state index contributed by atoms with van der Waals surface area (Å²) in [6, 6.07) is 20.1. The van der Waals surface area contributed by atoms with Gasteiger partial charge in [0.2, 0.25) is 0 Å². The highest BCUT2D eigenvalue weighted by molar-refractivity contribution is 6.32. The summed E-state index contributed by atoms with van der Waals surface area (Å²) >= 11 is 6.87. The molecule has 5 aromatic rings. The highest BCUT2D eigenvalue weighted by Crippen LogP contribution is 2.37. The molecule has 1 fully saturated rings. The van der Waals surface area contributed by atoms with Gasteiger partial charge in [-0.2, -0.15) is 5.26 Å². The molecular weight excluding hydrogens is 688 g/mol. The molecule has 10 nitrogen and oxygen atoms in total. The lowest BCUT2D eigenvalue weighted by Gasteiger charge is -2.21. The zero-order valence-corrected chi connectivity index (χ0v) is 31.2. The molecule has 1 aliphatic rings. The van der Waals surface area contributed by atoms with Crippen LogP contribution in [0.15, 0.2) is 85.6 Å². The van der Waals surface area contributed by atoms with Gasteiger partial charge in [-0.25, -0.2) is 0 Å². The highest BCUT2D eigenvalue weighted by atomic mass is 35.5. The number of nitrogens with zero attached hydrogens (tertiary/aromatic N) is 6. The lowest BCUT2D eigenvalue weighted by atomic mass is 9.93. The van der Waals surface area contributed by atoms with E-state index in [0.717, 1.165) is 82.9 Å². The van der Waals surface area contributed by atoms with Gasteiger partial charge in [0.1, 0.15) is 36.5 Å². The number of benzene rings is 3. The van der Waals surface area contributed by atoms with E-state index in [1.54, 1.807) is 30.9 Å². The van der Waals surface area contributed by atoms with Crippen LogP contribution in [0.5, 0.6) is 17.2 Å². The number of aliphatic hydroxyl groups is 1. The van der Waals surface area contributed by atoms with Gasteiger partial charge < -0.3 is 24.2 Å². The van der Waals surface area contributed by atoms with E-state index in [-0.39, 0.29) is 12.7 Å². The number of aromatic nitrogens is 3. The van der Waals surface area contributed by atoms with Crippen molar-refractivity contribution in [1.29, 1.82) is 5.26 Å². The minimum atomic E-state index is -0.203. The van der Waals surface area contributed by atoms with E-state index in [4.69, 9.17) is 25.8 Å². The Morgan fingerprint density at radius 2 is 1.70 bits per heavy atom. The van der Waals surface area contributed by atoms with Crippen LogP contribution in [0, 0.1) is 25.2 Å². The zero-order valence-electron chi connectivity index (χ0n) is 30.5. The molecule has 53 heavy (non-hydrogen) atoms. The summed E-state index contributed by atoms with van der Waals surface area (Å²) in [6.07, 6.45) is 9.86. The van der Waals surface area contributed by atoms with E-state index in [2.05, 4.69) is 62.9 Å². The van der Waals surface area contributed by atoms with Crippen LogP contribution in [0.1, 0.15) is 51.9 Å². The smallest absolute Gasteiger partial charge is 0.142 e. The molecule has 11 heteroatoms. The lowest BCUT2D eigenvalue weighted by molar-refractivity contribution is 0.173. The van der Waals surface area contributed by atoms with Crippen LogP contribution >= 0.6 is 11.6 Å². The fourth-order valence-corrected chi connectivity index (χ4v) is 6.84. The van der Waals surface area contributed by atoms with Gasteiger partial charge >= 0.3 is 0 Å². The summed E-state index contributed by atoms with van der Waals surface area (Å²) < 4.78 is 19.0. The number of likely N-dealkylation sites (tertiary alicyclic amines) is 1. The van der Waals surface area contributed by atoms with Gasteiger partial charge in [0.15, 0.2) is 0 Å². The molecule has 0 unspecified atom stereocenters. The molecule has 2 aromatic heterocycles. The van der Waals surface area contributed by atoms with Gasteiger partial charge in [0.05, 0.1) is 29.0 Å². The normalized spacial score (nSPS) is 14.3. The van der Waals surface area contributed by atoms with E-state index in [1.807, 2.05) is 37.4 Å². The Balaban J connectivity index is 1.17. The molecule has 1 saturated heterocycles. The topological polar surface area (TPSA) is 117 Å². The Kier molecular flexibility index (Phi) is 12.9. The van der Waals surface area contributed by atoms with Crippen molar-refractivity contribution < 1.29 is 19.3 Å². The van der Waals surface area contributed by atoms with E-state index in [1.165, 1.54) is 6.20 Å². The predicted molar refractivity (Wildman–Crippen MR) is 205 cm³/mol. The number of β-amino-alcohol motifs (C(OH)–C–C–N with tert-alkyl or cyclic N) is 1. The third-order valence-electron chi connectivity index (χ3n) is 9.45. The molecule has 3 aromatic carbocycles. The van der Waals surface area contributed by atoms with Gasteiger partial charge in [-0.05, 0) is 79.8 Å². The fraction of sp³-hybridized carbons (Fsp3) is 0.333. The van der Waals surface area contributed by atoms with Crippen molar-refractivity contribution in [3.05, 3.63) is 130 Å². The number of halogens is 1. The second kappa shape index (κ2) is 18.1. The molecule has 1 atom stereocenters. The third-order valence-corrected chi connectivity index (χ3v) is 9.74. The van der Waals surface area contributed by atoms with Gasteiger partial charge in [-0.3, -0.25) is 19.9 Å². The van der Waals surface area contributed by atoms with Crippen molar-refractivity contribution in [2.75, 3.05) is 33.3 Å². The minimum Gasteiger partial charge on any atom is -0.493 e. The molecule has 0 spiro atoms. The second-order valence-electron chi connectivity index (χ2n) is 13.5. The Hall–Kier alpha value is -5.05. The standard InChI is InChI=1S/C42H45ClN6O4/c1-29-33(7-4-8-37(29)38-9-5-10-40(30(38)2)51-16-6-14-49-15-11-36(50)26-49)28-53-42-19-41(52-27-32-17-31(20-44)21-46-22-32)34(18-39(42)43)24-48(3)25-35-23-45-12-13-47-35/h4-5,7-10,12-13,17-19,21-23,36,50H,6,11,14-16,24-28H2,1-3H3/t36-/m1/s1. The Morgan fingerprint density at radius 3 is 2.47 bits per heavy atom. The quantitative estimate of drug-likeness (QED) is 0.104. The number of pyridine rings is 1. The van der Waals surface area contributed by atoms with Crippen LogP contribution in [-0.2, 0) is 26.3 Å². The van der Waals surface area contributed by atoms with Crippen molar-refractivity contribution in [3.8, 4) is 34.4 Å². The van der Waals surface area contributed by atoms with Crippen LogP contribution in [0.4, 0.5) is 0 Å². The summed E-state index contributed by atoms with van der Waals surface area (Å²) in [6.45, 7) is 9.10. The van der Waals surface area contributed by atoms with Gasteiger partial charge in [0, 0.05) is 80.9 Å². The Labute approximate surface area is 316 Å². The van der Waals surface area contributed by atoms with Gasteiger partial charge in [-0.15, -0.1) is 0 Å². The maximum absolute atomic E-state index is 9.80. The monoisotopic (exact) mass is 732 g/mol. The van der Waals surface area contributed by atoms with Crippen molar-refractivity contribution in [2.45, 2.75) is 59.1 Å². The Morgan fingerprint density at radius 1 is 0.887 bits per heavy atom. The number of nitriles is 1. The first-order valence-corrected chi connectivity index (χ1v) is 18.2. The largest absolute Gasteiger partial charge is 0.493 e. The van der Waals surface area contributed by atoms with Crippen LogP contribution in [0.3, 0.4) is 0 Å². The number of rotatable bonds is 16. The van der Waals surface area contributed by atoms with Crippen molar-refractivity contribution in [1.82, 2.24) is 24.8 Å². The van der Waals surface area contributed by atoms with E-state index in [0.29, 0.717) is 48.4 Å². The number of ether oxygens (including phenoxy) is 3. The van der Waals surface area contributed by atoms with Crippen LogP contribution in [0.2, 0.25) is 5.02 Å². The summed E-state index contributed by atoms with van der Waals surface area (Å²) in [5, 5.41) is 19.6. The molecule has 1 aliphatic heterocycles. The van der Waals surface area contributed by atoms with Crippen molar-refractivity contribution >= 4 is 11.6 Å². The van der Waals surface area contributed by atoms with E-state index in [9.17, 15) is 10.4 Å². The molecule has 274 valence electrons. The fourth-order valence-electron chi connectivity index (χ4n) is 6.60. The summed E-state index contributed by atoms with van der Waals surface area (Å²) in [5.41, 5.74) is 8.44. The van der Waals surface area contributed by atoms with Gasteiger partial charge in [0.25, 0.3) is 0 Å². The number of hydrogen-bond donors (Lipinski definition) is 1. The first-order valence-electron chi connectivity index (χ1n) is 17.8. The van der Waals surface area contributed by atoms with Crippen LogP contribution < -0.4 is 14.2 Å². The first-order chi connectivity index (χ1) is 25.8. The minimum absolute atomic E-state index is 0.203. The molecule has 0 amide bonds. The van der Waals surface area contributed by atoms with E-state index >= 15 is 0 Å². The first kappa shape index (κ1) is 37.7. The summed E-state index contributed by atoms with van der Waals surface area (Å²) in [7, 11) is 2.00. The van der Waals surface area contributed by atoms with Crippen LogP contribution in [0.25, 0.3) is 11.1 Å².